The van der Waals surface area contributed by atoms with E-state index in [9.17, 15) is 5.26 Å². The number of para-hydroxylation sites is 3. The zero-order valence-corrected chi connectivity index (χ0v) is 14.5. The highest BCUT2D eigenvalue weighted by molar-refractivity contribution is 5.98. The lowest BCUT2D eigenvalue weighted by Crippen LogP contribution is -3.00. The predicted molar refractivity (Wildman–Crippen MR) is 97.2 cm³/mol. The van der Waals surface area contributed by atoms with E-state index in [1.807, 2.05) is 42.5 Å². The fraction of sp³-hybridized carbons (Fsp3) is 0.100. The number of halogens is 1. The topological polar surface area (TPSA) is 57.4 Å². The first-order chi connectivity index (χ1) is 11.8. The fourth-order valence-corrected chi connectivity index (χ4v) is 3.04. The molecule has 2 heterocycles. The van der Waals surface area contributed by atoms with Crippen LogP contribution in [-0.4, -0.2) is 14.5 Å². The lowest BCUT2D eigenvalue weighted by Gasteiger charge is -1.97. The van der Waals surface area contributed by atoms with Crippen LogP contribution in [0.2, 0.25) is 0 Å². The van der Waals surface area contributed by atoms with E-state index in [-0.39, 0.29) is 12.4 Å². The van der Waals surface area contributed by atoms with Gasteiger partial charge in [0.25, 0.3) is 0 Å². The summed E-state index contributed by atoms with van der Waals surface area (Å²) in [5.74, 6) is 0.604. The van der Waals surface area contributed by atoms with E-state index in [2.05, 4.69) is 45.9 Å². The second kappa shape index (κ2) is 6.84. The first-order valence-corrected chi connectivity index (χ1v) is 7.95. The Kier molecular flexibility index (Phi) is 4.60. The van der Waals surface area contributed by atoms with E-state index in [4.69, 9.17) is 0 Å². The number of hydrogen-bond donors (Lipinski definition) is 1. The molecule has 0 bridgehead atoms. The third-order valence-electron chi connectivity index (χ3n) is 4.22. The van der Waals surface area contributed by atoms with Crippen LogP contribution in [0.3, 0.4) is 0 Å². The largest absolute Gasteiger partial charge is 1.00 e. The van der Waals surface area contributed by atoms with Gasteiger partial charge in [-0.3, -0.25) is 0 Å². The second-order valence-electron chi connectivity index (χ2n) is 5.66. The number of nitriles is 1. The van der Waals surface area contributed by atoms with Crippen LogP contribution in [0.1, 0.15) is 18.3 Å². The van der Waals surface area contributed by atoms with Gasteiger partial charge < -0.3 is 22.0 Å². The molecule has 0 unspecified atom stereocenters. The Morgan fingerprint density at radius 3 is 2.72 bits per heavy atom. The van der Waals surface area contributed by atoms with E-state index in [1.54, 1.807) is 0 Å². The summed E-state index contributed by atoms with van der Waals surface area (Å²) < 4.78 is 2.19. The van der Waals surface area contributed by atoms with Crippen molar-refractivity contribution in [3.8, 4) is 6.07 Å². The van der Waals surface area contributed by atoms with Gasteiger partial charge in [-0.05, 0) is 31.2 Å². The Morgan fingerprint density at radius 2 is 1.96 bits per heavy atom. The molecule has 4 aromatic rings. The summed E-state index contributed by atoms with van der Waals surface area (Å²) in [5.41, 5.74) is 4.54. The molecule has 5 heteroatoms. The zero-order chi connectivity index (χ0) is 16.5. The molecule has 2 aromatic heterocycles. The van der Waals surface area contributed by atoms with Crippen LogP contribution in [-0.2, 0) is 6.54 Å². The van der Waals surface area contributed by atoms with Crippen molar-refractivity contribution >= 4 is 33.6 Å². The highest BCUT2D eigenvalue weighted by Gasteiger charge is 2.10. The van der Waals surface area contributed by atoms with Gasteiger partial charge in [0.1, 0.15) is 11.9 Å². The van der Waals surface area contributed by atoms with Crippen molar-refractivity contribution in [2.45, 2.75) is 13.5 Å². The zero-order valence-electron chi connectivity index (χ0n) is 13.7. The summed E-state index contributed by atoms with van der Waals surface area (Å²) in [4.78, 5) is 7.76. The highest BCUT2D eigenvalue weighted by Crippen LogP contribution is 2.26. The number of nitrogens with one attached hydrogen (secondary N) is 1. The van der Waals surface area contributed by atoms with Gasteiger partial charge >= 0.3 is 0 Å². The number of rotatable bonds is 3. The van der Waals surface area contributed by atoms with Gasteiger partial charge in [0.2, 0.25) is 0 Å². The molecule has 0 atom stereocenters. The van der Waals surface area contributed by atoms with Crippen molar-refractivity contribution in [3.63, 3.8) is 0 Å². The number of aromatic amines is 1. The SMILES string of the molecule is CCn1cc(/C=C(\C#N)c2nc3ccccc3[nH]2)c2ccccc21.[Cl-]. The van der Waals surface area contributed by atoms with E-state index in [1.165, 1.54) is 5.52 Å². The molecular weight excluding hydrogens is 332 g/mol. The molecule has 0 aliphatic carbocycles. The van der Waals surface area contributed by atoms with Gasteiger partial charge in [-0.2, -0.15) is 5.26 Å². The summed E-state index contributed by atoms with van der Waals surface area (Å²) in [6, 6.07) is 18.3. The number of H-pyrrole nitrogens is 1. The number of hydrogen-bond acceptors (Lipinski definition) is 2. The Bertz CT molecular complexity index is 1080. The molecule has 0 saturated heterocycles. The summed E-state index contributed by atoms with van der Waals surface area (Å²) in [7, 11) is 0. The van der Waals surface area contributed by atoms with Crippen LogP contribution in [0.4, 0.5) is 0 Å². The predicted octanol–water partition coefficient (Wildman–Crippen LogP) is 1.61. The van der Waals surface area contributed by atoms with E-state index < -0.39 is 0 Å². The number of benzene rings is 2. The molecule has 0 spiro atoms. The molecule has 4 rings (SSSR count). The van der Waals surface area contributed by atoms with Crippen LogP contribution in [0.25, 0.3) is 33.6 Å². The summed E-state index contributed by atoms with van der Waals surface area (Å²) in [6.45, 7) is 3.01. The molecule has 0 amide bonds. The fourth-order valence-electron chi connectivity index (χ4n) is 3.04. The first kappa shape index (κ1) is 16.8. The smallest absolute Gasteiger partial charge is 0.149 e. The van der Waals surface area contributed by atoms with Gasteiger partial charge in [-0.15, -0.1) is 0 Å². The van der Waals surface area contributed by atoms with Crippen molar-refractivity contribution in [2.24, 2.45) is 0 Å². The molecule has 0 aliphatic rings. The lowest BCUT2D eigenvalue weighted by atomic mass is 10.1. The number of fused-ring (bicyclic) bond motifs is 2. The minimum absolute atomic E-state index is 0. The molecule has 0 saturated carbocycles. The number of imidazole rings is 1. The number of allylic oxidation sites excluding steroid dienone is 1. The molecule has 4 nitrogen and oxygen atoms in total. The minimum Gasteiger partial charge on any atom is -1.00 e. The average Bonchev–Trinajstić information content (AvgIpc) is 3.21. The summed E-state index contributed by atoms with van der Waals surface area (Å²) >= 11 is 0. The van der Waals surface area contributed by atoms with Crippen LogP contribution >= 0.6 is 0 Å². The quantitative estimate of drug-likeness (QED) is 0.572. The molecule has 2 aromatic carbocycles. The maximum absolute atomic E-state index is 9.62. The standard InChI is InChI=1S/C20H16N4.ClH/c1-2-24-13-15(16-7-3-6-10-19(16)24)11-14(12-21)20-22-17-8-4-5-9-18(17)23-20;/h3-11,13H,2H2,1H3,(H,22,23);1H/p-1/b14-11+;. The molecule has 25 heavy (non-hydrogen) atoms. The van der Waals surface area contributed by atoms with Crippen LogP contribution < -0.4 is 12.4 Å². The third-order valence-corrected chi connectivity index (χ3v) is 4.22. The van der Waals surface area contributed by atoms with Gasteiger partial charge in [-0.25, -0.2) is 4.98 Å². The maximum Gasteiger partial charge on any atom is 0.149 e. The maximum atomic E-state index is 9.62. The molecule has 0 aliphatic heterocycles. The summed E-state index contributed by atoms with van der Waals surface area (Å²) in [6.07, 6.45) is 4.00. The van der Waals surface area contributed by atoms with Crippen LogP contribution in [0.15, 0.2) is 54.7 Å². The van der Waals surface area contributed by atoms with Crippen molar-refractivity contribution < 1.29 is 12.4 Å². The molecule has 1 N–H and O–H groups in total. The lowest BCUT2D eigenvalue weighted by molar-refractivity contribution is -0.00000507. The first-order valence-electron chi connectivity index (χ1n) is 7.95. The van der Waals surface area contributed by atoms with E-state index in [0.29, 0.717) is 11.4 Å². The molecular formula is C20H16ClN4-. The minimum atomic E-state index is 0. The van der Waals surface area contributed by atoms with Gasteiger partial charge in [0.05, 0.1) is 16.6 Å². The Hall–Kier alpha value is -3.03. The molecule has 0 fully saturated rings. The van der Waals surface area contributed by atoms with Gasteiger partial charge in [-0.1, -0.05) is 30.3 Å². The van der Waals surface area contributed by atoms with Crippen molar-refractivity contribution in [1.29, 1.82) is 5.26 Å². The summed E-state index contributed by atoms with van der Waals surface area (Å²) in [5, 5.41) is 10.8. The van der Waals surface area contributed by atoms with Gasteiger partial charge in [0, 0.05) is 29.2 Å². The number of nitrogens with zero attached hydrogens (tertiary/aromatic N) is 3. The van der Waals surface area contributed by atoms with Crippen molar-refractivity contribution in [2.75, 3.05) is 0 Å². The Labute approximate surface area is 151 Å². The van der Waals surface area contributed by atoms with Crippen molar-refractivity contribution in [1.82, 2.24) is 14.5 Å². The van der Waals surface area contributed by atoms with Gasteiger partial charge in [0.15, 0.2) is 0 Å². The number of aromatic nitrogens is 3. The van der Waals surface area contributed by atoms with Crippen LogP contribution in [0.5, 0.6) is 0 Å². The second-order valence-corrected chi connectivity index (χ2v) is 5.66. The van der Waals surface area contributed by atoms with Crippen molar-refractivity contribution in [3.05, 3.63) is 66.1 Å². The molecule has 124 valence electrons. The number of aryl methyl sites for hydroxylation is 1. The highest BCUT2D eigenvalue weighted by atomic mass is 35.5. The van der Waals surface area contributed by atoms with Crippen LogP contribution in [0, 0.1) is 11.3 Å². The third kappa shape index (κ3) is 2.90. The normalized spacial score (nSPS) is 11.4. The Balaban J connectivity index is 0.00000182. The average molecular weight is 348 g/mol. The molecule has 0 radical (unpaired) electrons. The monoisotopic (exact) mass is 347 g/mol. The Morgan fingerprint density at radius 1 is 1.20 bits per heavy atom. The van der Waals surface area contributed by atoms with E-state index >= 15 is 0 Å². The van der Waals surface area contributed by atoms with E-state index in [0.717, 1.165) is 28.5 Å².